The Morgan fingerprint density at radius 1 is 1.22 bits per heavy atom. The molecule has 18 heavy (non-hydrogen) atoms. The van der Waals surface area contributed by atoms with E-state index in [0.717, 1.165) is 18.9 Å². The quantitative estimate of drug-likeness (QED) is 0.892. The van der Waals surface area contributed by atoms with Crippen LogP contribution in [0, 0.1) is 20.8 Å². The van der Waals surface area contributed by atoms with E-state index in [4.69, 9.17) is 9.47 Å². The van der Waals surface area contributed by atoms with Crippen LogP contribution < -0.4 is 10.1 Å². The van der Waals surface area contributed by atoms with Gasteiger partial charge < -0.3 is 14.8 Å². The molecule has 0 bridgehead atoms. The van der Waals surface area contributed by atoms with Crippen molar-refractivity contribution in [1.82, 2.24) is 5.32 Å². The van der Waals surface area contributed by atoms with Gasteiger partial charge in [-0.05, 0) is 50.5 Å². The molecule has 0 aromatic heterocycles. The van der Waals surface area contributed by atoms with E-state index in [2.05, 4.69) is 45.1 Å². The van der Waals surface area contributed by atoms with Gasteiger partial charge in [-0.15, -0.1) is 0 Å². The minimum atomic E-state index is 0.155. The molecule has 100 valence electrons. The third-order valence-corrected chi connectivity index (χ3v) is 3.49. The van der Waals surface area contributed by atoms with Gasteiger partial charge in [-0.1, -0.05) is 6.07 Å². The first-order valence-corrected chi connectivity index (χ1v) is 6.62. The molecule has 0 saturated carbocycles. The lowest BCUT2D eigenvalue weighted by atomic mass is 10.1. The lowest BCUT2D eigenvalue weighted by Crippen LogP contribution is -2.46. The molecule has 2 rings (SSSR count). The van der Waals surface area contributed by atoms with E-state index in [0.29, 0.717) is 12.6 Å². The molecule has 3 nitrogen and oxygen atoms in total. The van der Waals surface area contributed by atoms with Crippen LogP contribution >= 0.6 is 0 Å². The molecule has 1 aromatic rings. The van der Waals surface area contributed by atoms with Gasteiger partial charge in [0.2, 0.25) is 0 Å². The molecule has 1 fully saturated rings. The van der Waals surface area contributed by atoms with Crippen LogP contribution in [0.25, 0.3) is 0 Å². The summed E-state index contributed by atoms with van der Waals surface area (Å²) in [4.78, 5) is 0. The van der Waals surface area contributed by atoms with Crippen molar-refractivity contribution in [3.8, 4) is 5.75 Å². The van der Waals surface area contributed by atoms with Gasteiger partial charge in [-0.3, -0.25) is 0 Å². The molecule has 1 saturated heterocycles. The Hall–Kier alpha value is -1.06. The van der Waals surface area contributed by atoms with E-state index in [1.807, 2.05) is 0 Å². The normalized spacial score (nSPS) is 24.0. The van der Waals surface area contributed by atoms with Gasteiger partial charge >= 0.3 is 0 Å². The van der Waals surface area contributed by atoms with Gasteiger partial charge in [-0.25, -0.2) is 0 Å². The van der Waals surface area contributed by atoms with Crippen LogP contribution in [0.5, 0.6) is 5.75 Å². The summed E-state index contributed by atoms with van der Waals surface area (Å²) in [5.74, 6) is 0.973. The van der Waals surface area contributed by atoms with Crippen LogP contribution in [0.3, 0.4) is 0 Å². The number of benzene rings is 1. The predicted molar refractivity (Wildman–Crippen MR) is 73.4 cm³/mol. The minimum absolute atomic E-state index is 0.155. The highest BCUT2D eigenvalue weighted by molar-refractivity contribution is 5.40. The second kappa shape index (κ2) is 5.72. The SMILES string of the molecule is Cc1cc(C)c(OCC2CNC(C)CO2)cc1C. The number of aryl methyl sites for hydroxylation is 3. The fourth-order valence-electron chi connectivity index (χ4n) is 2.11. The summed E-state index contributed by atoms with van der Waals surface area (Å²) in [7, 11) is 0. The van der Waals surface area contributed by atoms with Crippen LogP contribution in [0.2, 0.25) is 0 Å². The number of ether oxygens (including phenoxy) is 2. The summed E-state index contributed by atoms with van der Waals surface area (Å²) in [5, 5.41) is 3.40. The molecule has 0 spiro atoms. The number of nitrogens with one attached hydrogen (secondary N) is 1. The second-order valence-corrected chi connectivity index (χ2v) is 5.28. The Morgan fingerprint density at radius 2 is 1.94 bits per heavy atom. The van der Waals surface area contributed by atoms with E-state index >= 15 is 0 Å². The van der Waals surface area contributed by atoms with Crippen LogP contribution in [-0.2, 0) is 4.74 Å². The lowest BCUT2D eigenvalue weighted by Gasteiger charge is -2.28. The van der Waals surface area contributed by atoms with Gasteiger partial charge in [0, 0.05) is 12.6 Å². The van der Waals surface area contributed by atoms with Crippen molar-refractivity contribution in [2.75, 3.05) is 19.8 Å². The second-order valence-electron chi connectivity index (χ2n) is 5.28. The first-order chi connectivity index (χ1) is 8.56. The van der Waals surface area contributed by atoms with Crippen molar-refractivity contribution >= 4 is 0 Å². The van der Waals surface area contributed by atoms with E-state index in [9.17, 15) is 0 Å². The standard InChI is InChI=1S/C15H23NO2/c1-10-5-12(3)15(6-11(10)2)18-9-14-7-16-13(4)8-17-14/h5-6,13-14,16H,7-9H2,1-4H3. The maximum atomic E-state index is 5.88. The highest BCUT2D eigenvalue weighted by atomic mass is 16.5. The van der Waals surface area contributed by atoms with E-state index in [1.54, 1.807) is 0 Å². The third-order valence-electron chi connectivity index (χ3n) is 3.49. The fourth-order valence-corrected chi connectivity index (χ4v) is 2.11. The molecule has 1 aromatic carbocycles. The Morgan fingerprint density at radius 3 is 2.61 bits per heavy atom. The van der Waals surface area contributed by atoms with E-state index in [-0.39, 0.29) is 6.10 Å². The maximum absolute atomic E-state index is 5.88. The molecule has 2 unspecified atom stereocenters. The Kier molecular flexibility index (Phi) is 4.25. The summed E-state index contributed by atoms with van der Waals surface area (Å²) in [6.45, 7) is 10.7. The molecular weight excluding hydrogens is 226 g/mol. The van der Waals surface area contributed by atoms with Crippen LogP contribution in [0.15, 0.2) is 12.1 Å². The average molecular weight is 249 g/mol. The molecule has 2 atom stereocenters. The van der Waals surface area contributed by atoms with Crippen molar-refractivity contribution in [3.63, 3.8) is 0 Å². The van der Waals surface area contributed by atoms with Gasteiger partial charge in [-0.2, -0.15) is 0 Å². The van der Waals surface area contributed by atoms with Crippen molar-refractivity contribution in [3.05, 3.63) is 28.8 Å². The largest absolute Gasteiger partial charge is 0.491 e. The monoisotopic (exact) mass is 249 g/mol. The number of morpholine rings is 1. The summed E-state index contributed by atoms with van der Waals surface area (Å²) >= 11 is 0. The van der Waals surface area contributed by atoms with Crippen molar-refractivity contribution in [2.45, 2.75) is 39.8 Å². The molecule has 3 heteroatoms. The zero-order valence-corrected chi connectivity index (χ0v) is 11.7. The number of rotatable bonds is 3. The number of hydrogen-bond acceptors (Lipinski definition) is 3. The predicted octanol–water partition coefficient (Wildman–Crippen LogP) is 2.37. The van der Waals surface area contributed by atoms with E-state index < -0.39 is 0 Å². The topological polar surface area (TPSA) is 30.5 Å². The van der Waals surface area contributed by atoms with Gasteiger partial charge in [0.25, 0.3) is 0 Å². The molecule has 1 heterocycles. The molecule has 0 amide bonds. The Labute approximate surface area is 109 Å². The van der Waals surface area contributed by atoms with Crippen molar-refractivity contribution in [1.29, 1.82) is 0 Å². The zero-order valence-electron chi connectivity index (χ0n) is 11.7. The smallest absolute Gasteiger partial charge is 0.122 e. The highest BCUT2D eigenvalue weighted by Crippen LogP contribution is 2.22. The highest BCUT2D eigenvalue weighted by Gasteiger charge is 2.18. The summed E-state index contributed by atoms with van der Waals surface area (Å²) in [5.41, 5.74) is 3.77. The number of hydrogen-bond donors (Lipinski definition) is 1. The first-order valence-electron chi connectivity index (χ1n) is 6.62. The zero-order chi connectivity index (χ0) is 13.1. The van der Waals surface area contributed by atoms with E-state index in [1.165, 1.54) is 16.7 Å². The Bertz CT molecular complexity index is 409. The van der Waals surface area contributed by atoms with Gasteiger partial charge in [0.1, 0.15) is 18.5 Å². The molecule has 1 aliphatic rings. The third kappa shape index (κ3) is 3.24. The van der Waals surface area contributed by atoms with Gasteiger partial charge in [0.15, 0.2) is 0 Å². The van der Waals surface area contributed by atoms with Crippen molar-refractivity contribution in [2.24, 2.45) is 0 Å². The van der Waals surface area contributed by atoms with Crippen LogP contribution in [-0.4, -0.2) is 31.9 Å². The molecule has 0 aliphatic carbocycles. The average Bonchev–Trinajstić information content (AvgIpc) is 2.34. The maximum Gasteiger partial charge on any atom is 0.122 e. The summed E-state index contributed by atoms with van der Waals surface area (Å²) in [6.07, 6.45) is 0.155. The lowest BCUT2D eigenvalue weighted by molar-refractivity contribution is -0.0166. The fraction of sp³-hybridized carbons (Fsp3) is 0.600. The molecule has 1 N–H and O–H groups in total. The minimum Gasteiger partial charge on any atom is -0.491 e. The molecule has 0 radical (unpaired) electrons. The Balaban J connectivity index is 1.92. The van der Waals surface area contributed by atoms with Gasteiger partial charge in [0.05, 0.1) is 6.61 Å². The van der Waals surface area contributed by atoms with Crippen molar-refractivity contribution < 1.29 is 9.47 Å². The molecular formula is C15H23NO2. The van der Waals surface area contributed by atoms with Crippen LogP contribution in [0.4, 0.5) is 0 Å². The summed E-state index contributed by atoms with van der Waals surface area (Å²) < 4.78 is 11.6. The molecule has 1 aliphatic heterocycles. The van der Waals surface area contributed by atoms with Crippen LogP contribution in [0.1, 0.15) is 23.6 Å². The summed E-state index contributed by atoms with van der Waals surface area (Å²) in [6, 6.07) is 4.74. The first kappa shape index (κ1) is 13.4.